The lowest BCUT2D eigenvalue weighted by molar-refractivity contribution is -0.378. The van der Waals surface area contributed by atoms with Crippen molar-refractivity contribution < 1.29 is 127 Å². The van der Waals surface area contributed by atoms with E-state index in [1.807, 2.05) is 40.7 Å². The third-order valence-electron chi connectivity index (χ3n) is 21.1. The Balaban J connectivity index is 1.06. The molecule has 8 rings (SSSR count). The molecule has 4 aliphatic carbocycles. The van der Waals surface area contributed by atoms with E-state index in [4.69, 9.17) is 42.1 Å². The first-order chi connectivity index (χ1) is 37.7. The molecule has 8 aliphatic rings. The molecule has 15 N–H and O–H groups in total. The van der Waals surface area contributed by atoms with E-state index in [0.29, 0.717) is 44.9 Å². The molecule has 0 aromatic carbocycles. The summed E-state index contributed by atoms with van der Waals surface area (Å²) < 4.78 is 91.6. The monoisotopic (exact) mass is 1190 g/mol. The zero-order chi connectivity index (χ0) is 59.9. The smallest absolute Gasteiger partial charge is 0.394 e. The van der Waals surface area contributed by atoms with E-state index in [9.17, 15) is 84.5 Å². The van der Waals surface area contributed by atoms with Gasteiger partial charge in [0.05, 0.1) is 44.2 Å². The van der Waals surface area contributed by atoms with Gasteiger partial charge in [-0.2, -0.15) is 8.42 Å². The Kier molecular flexibility index (Phi) is 20.0. The molecule has 30 atom stereocenters. The Morgan fingerprint density at radius 3 is 1.67 bits per heavy atom. The van der Waals surface area contributed by atoms with Crippen LogP contribution in [-0.4, -0.2) is 252 Å². The molecule has 4 aliphatic heterocycles. The highest BCUT2D eigenvalue weighted by molar-refractivity contribution is 7.80. The van der Waals surface area contributed by atoms with E-state index in [1.54, 1.807) is 0 Å². The summed E-state index contributed by atoms with van der Waals surface area (Å²) in [5.41, 5.74) is -2.77. The average Bonchev–Trinajstić information content (AvgIpc) is 3.57. The average molecular weight is 1190 g/mol. The number of rotatable bonds is 18. The first-order valence-corrected chi connectivity index (χ1v) is 29.9. The van der Waals surface area contributed by atoms with E-state index < -0.39 is 211 Å². The van der Waals surface area contributed by atoms with Gasteiger partial charge < -0.3 is 109 Å². The summed E-state index contributed by atoms with van der Waals surface area (Å²) in [5, 5.41) is 149. The summed E-state index contributed by atoms with van der Waals surface area (Å²) in [6.07, 6.45) is -28.6. The van der Waals surface area contributed by atoms with Crippen molar-refractivity contribution in [2.24, 2.45) is 45.3 Å². The van der Waals surface area contributed by atoms with Crippen LogP contribution < -0.4 is 0 Å². The number of allylic oxidation sites excluding steroid dienone is 2. The highest BCUT2D eigenvalue weighted by atomic mass is 32.3. The SMILES string of the molecule is CC(C)=CCC[C@](C)(O[C@@H]1O[C@H](CO[C@@H]2O[C@H](CO)[C@@H](O)[C@H](O)[C@H]2O)[C@@H](O)[C@H](O)[C@H]1O)[C@H]1CC[C@]2(C)[C@@H]1[C@H](OS(=O)(=O)O)C[C@@H]1[C@@]3(C)CC[C@H](O[C@@H]4O[C@H](CO)[C@@H](O)[C@H](O)[C@H]4O[C@@H]4O[C@H](CO)[C@@H](O)[C@H](O)[C@H]4O)C(C)(C)[C@@H]3CC[C@]12C. The molecule has 0 bridgehead atoms. The van der Waals surface area contributed by atoms with Crippen LogP contribution in [0.5, 0.6) is 0 Å². The van der Waals surface area contributed by atoms with Crippen molar-refractivity contribution in [3.8, 4) is 0 Å². The van der Waals surface area contributed by atoms with Gasteiger partial charge in [-0.15, -0.1) is 0 Å². The number of fused-ring (bicyclic) bond motifs is 5. The number of aliphatic hydroxyl groups excluding tert-OH is 14. The molecule has 0 aromatic heterocycles. The quantitative estimate of drug-likeness (QED) is 0.0387. The summed E-state index contributed by atoms with van der Waals surface area (Å²) in [5.74, 6) is -1.53. The first kappa shape index (κ1) is 65.7. The lowest BCUT2D eigenvalue weighted by atomic mass is 9.35. The van der Waals surface area contributed by atoms with Crippen LogP contribution in [-0.2, 0) is 52.5 Å². The standard InChI is InChI=1S/C54H92O26S/c1-23(2)10-9-14-54(8,79-48-44(68)40(64)37(61)29(76-48)22-72-46-42(66)38(62)34(58)26(19-55)73-46)24-11-16-53(7)33(24)25(80-81(69,70)71)18-31-51(5)15-13-32(50(3,4)30(51)12-17-52(31,53)6)77-49-45(41(65)36(60)28(21-57)75-49)78-47-43(67)39(63)35(59)27(20-56)74-47/h10,24-49,55-68H,9,11-22H2,1-8H3,(H,69,70,71)/t24-,25+,26+,27+,28+,29+,30-,31+,32-,33-,34+,35+,36+,37+,38-,39-,40-,41-,42+,43+,44+,45+,46+,47-,48-,49-,51-,52+,53+,54-/m0/s1. The van der Waals surface area contributed by atoms with Crippen LogP contribution in [0.15, 0.2) is 11.6 Å². The maximum absolute atomic E-state index is 13.2. The Morgan fingerprint density at radius 1 is 0.593 bits per heavy atom. The molecular formula is C54H92O26S. The molecule has 4 saturated carbocycles. The zero-order valence-corrected chi connectivity index (χ0v) is 48.2. The molecule has 4 saturated heterocycles. The van der Waals surface area contributed by atoms with Gasteiger partial charge in [-0.25, -0.2) is 4.18 Å². The van der Waals surface area contributed by atoms with Crippen molar-refractivity contribution in [3.05, 3.63) is 11.6 Å². The summed E-state index contributed by atoms with van der Waals surface area (Å²) in [6.45, 7) is 13.5. The first-order valence-electron chi connectivity index (χ1n) is 28.6. The molecule has 8 fully saturated rings. The zero-order valence-electron chi connectivity index (χ0n) is 47.4. The number of ether oxygens (including phenoxy) is 8. The summed E-state index contributed by atoms with van der Waals surface area (Å²) >= 11 is 0. The maximum atomic E-state index is 13.2. The van der Waals surface area contributed by atoms with Crippen LogP contribution in [0, 0.1) is 45.3 Å². The van der Waals surface area contributed by atoms with E-state index in [0.717, 1.165) is 5.57 Å². The highest BCUT2D eigenvalue weighted by Gasteiger charge is 2.73. The maximum Gasteiger partial charge on any atom is 0.397 e. The second-order valence-corrected chi connectivity index (χ2v) is 27.3. The molecule has 0 radical (unpaired) electrons. The molecule has 0 amide bonds. The Hall–Kier alpha value is -1.27. The predicted octanol–water partition coefficient (Wildman–Crippen LogP) is -2.38. The van der Waals surface area contributed by atoms with Crippen molar-refractivity contribution in [1.82, 2.24) is 0 Å². The van der Waals surface area contributed by atoms with Gasteiger partial charge in [0.1, 0.15) is 97.7 Å². The van der Waals surface area contributed by atoms with E-state index in [1.165, 1.54) is 0 Å². The van der Waals surface area contributed by atoms with Gasteiger partial charge in [0.2, 0.25) is 0 Å². The fourth-order valence-corrected chi connectivity index (χ4v) is 17.0. The van der Waals surface area contributed by atoms with Crippen molar-refractivity contribution in [1.29, 1.82) is 0 Å². The summed E-state index contributed by atoms with van der Waals surface area (Å²) in [4.78, 5) is 0. The van der Waals surface area contributed by atoms with Crippen molar-refractivity contribution in [2.75, 3.05) is 26.4 Å². The van der Waals surface area contributed by atoms with Crippen molar-refractivity contribution >= 4 is 10.4 Å². The molecule has 81 heavy (non-hydrogen) atoms. The summed E-state index contributed by atoms with van der Waals surface area (Å²) in [7, 11) is -5.10. The third-order valence-corrected chi connectivity index (χ3v) is 21.6. The van der Waals surface area contributed by atoms with Gasteiger partial charge in [0.25, 0.3) is 0 Å². The fourth-order valence-electron chi connectivity index (χ4n) is 16.5. The highest BCUT2D eigenvalue weighted by Crippen LogP contribution is 2.76. The Labute approximate surface area is 472 Å². The molecule has 26 nitrogen and oxygen atoms in total. The van der Waals surface area contributed by atoms with Crippen LogP contribution in [0.3, 0.4) is 0 Å². The van der Waals surface area contributed by atoms with E-state index in [-0.39, 0.29) is 24.7 Å². The molecule has 0 unspecified atom stereocenters. The number of hydrogen-bond donors (Lipinski definition) is 15. The summed E-state index contributed by atoms with van der Waals surface area (Å²) in [6, 6.07) is 0. The van der Waals surface area contributed by atoms with Crippen LogP contribution in [0.4, 0.5) is 0 Å². The normalized spacial score (nSPS) is 50.9. The van der Waals surface area contributed by atoms with Gasteiger partial charge in [-0.3, -0.25) is 4.55 Å². The number of hydrogen-bond acceptors (Lipinski definition) is 25. The minimum Gasteiger partial charge on any atom is -0.394 e. The van der Waals surface area contributed by atoms with E-state index >= 15 is 0 Å². The molecule has 0 aromatic rings. The largest absolute Gasteiger partial charge is 0.397 e. The molecule has 470 valence electrons. The topological polar surface area (TPSA) is 421 Å². The van der Waals surface area contributed by atoms with Gasteiger partial charge >= 0.3 is 10.4 Å². The second-order valence-electron chi connectivity index (χ2n) is 26.2. The molecule has 27 heteroatoms. The van der Waals surface area contributed by atoms with Crippen LogP contribution in [0.25, 0.3) is 0 Å². The predicted molar refractivity (Wildman–Crippen MR) is 277 cm³/mol. The van der Waals surface area contributed by atoms with Crippen LogP contribution in [0.1, 0.15) is 113 Å². The van der Waals surface area contributed by atoms with Gasteiger partial charge in [-0.05, 0) is 124 Å². The Bertz CT molecular complexity index is 2260. The minimum absolute atomic E-state index is 0.134. The Morgan fingerprint density at radius 2 is 1.10 bits per heavy atom. The van der Waals surface area contributed by atoms with Crippen molar-refractivity contribution in [3.63, 3.8) is 0 Å². The van der Waals surface area contributed by atoms with Crippen molar-refractivity contribution in [2.45, 2.75) is 254 Å². The lowest BCUT2D eigenvalue weighted by Gasteiger charge is -2.71. The fraction of sp³-hybridized carbons (Fsp3) is 0.963. The lowest BCUT2D eigenvalue weighted by Crippen LogP contribution is -2.68. The van der Waals surface area contributed by atoms with E-state index in [2.05, 4.69) is 20.8 Å². The molecular weight excluding hydrogens is 1100 g/mol. The second kappa shape index (κ2) is 24.7. The minimum atomic E-state index is -5.10. The van der Waals surface area contributed by atoms with Gasteiger partial charge in [0.15, 0.2) is 25.2 Å². The molecule has 4 heterocycles. The van der Waals surface area contributed by atoms with Crippen LogP contribution in [0.2, 0.25) is 0 Å². The van der Waals surface area contributed by atoms with Gasteiger partial charge in [-0.1, -0.05) is 46.3 Å². The molecule has 0 spiro atoms. The number of aliphatic hydroxyl groups is 14. The van der Waals surface area contributed by atoms with Crippen LogP contribution >= 0.6 is 0 Å². The van der Waals surface area contributed by atoms with Gasteiger partial charge in [0, 0.05) is 0 Å². The third kappa shape index (κ3) is 12.1.